The van der Waals surface area contributed by atoms with Gasteiger partial charge in [-0.2, -0.15) is 0 Å². The molecule has 1 saturated heterocycles. The lowest BCUT2D eigenvalue weighted by atomic mass is 9.92. The monoisotopic (exact) mass is 224 g/mol. The SMILES string of the molecule is CC(C)CC1CN(C2CCCCC2)CCN1. The fraction of sp³-hybridized carbons (Fsp3) is 1.00. The molecule has 1 unspecified atom stereocenters. The number of hydrogen-bond donors (Lipinski definition) is 1. The first-order valence-electron chi connectivity index (χ1n) is 7.23. The fourth-order valence-corrected chi connectivity index (χ4v) is 3.36. The third kappa shape index (κ3) is 3.46. The summed E-state index contributed by atoms with van der Waals surface area (Å²) in [6, 6.07) is 1.65. The van der Waals surface area contributed by atoms with Crippen molar-refractivity contribution in [2.75, 3.05) is 19.6 Å². The lowest BCUT2D eigenvalue weighted by Crippen LogP contribution is -2.54. The van der Waals surface area contributed by atoms with Gasteiger partial charge in [-0.15, -0.1) is 0 Å². The molecule has 1 N–H and O–H groups in total. The van der Waals surface area contributed by atoms with Gasteiger partial charge in [0.1, 0.15) is 0 Å². The summed E-state index contributed by atoms with van der Waals surface area (Å²) < 4.78 is 0. The Morgan fingerprint density at radius 2 is 1.94 bits per heavy atom. The molecule has 0 aromatic rings. The van der Waals surface area contributed by atoms with Gasteiger partial charge >= 0.3 is 0 Å². The van der Waals surface area contributed by atoms with Crippen LogP contribution in [0.2, 0.25) is 0 Å². The highest BCUT2D eigenvalue weighted by Crippen LogP contribution is 2.24. The molecule has 1 heterocycles. The van der Waals surface area contributed by atoms with Crippen LogP contribution in [0.1, 0.15) is 52.4 Å². The molecule has 1 aliphatic carbocycles. The van der Waals surface area contributed by atoms with Crippen LogP contribution < -0.4 is 5.32 Å². The molecule has 0 spiro atoms. The van der Waals surface area contributed by atoms with Crippen molar-refractivity contribution in [3.05, 3.63) is 0 Å². The van der Waals surface area contributed by atoms with Gasteiger partial charge in [0.05, 0.1) is 0 Å². The Hall–Kier alpha value is -0.0800. The zero-order valence-corrected chi connectivity index (χ0v) is 11.0. The molecule has 0 aromatic heterocycles. The molecule has 2 heteroatoms. The predicted molar refractivity (Wildman–Crippen MR) is 69.7 cm³/mol. The molecule has 2 nitrogen and oxygen atoms in total. The van der Waals surface area contributed by atoms with Gasteiger partial charge in [-0.25, -0.2) is 0 Å². The summed E-state index contributed by atoms with van der Waals surface area (Å²) in [5, 5.41) is 3.68. The molecule has 94 valence electrons. The lowest BCUT2D eigenvalue weighted by molar-refractivity contribution is 0.109. The van der Waals surface area contributed by atoms with Gasteiger partial charge in [0.25, 0.3) is 0 Å². The Kier molecular flexibility index (Phi) is 4.66. The van der Waals surface area contributed by atoms with Crippen LogP contribution in [0, 0.1) is 5.92 Å². The first-order valence-corrected chi connectivity index (χ1v) is 7.23. The van der Waals surface area contributed by atoms with Gasteiger partial charge in [0.2, 0.25) is 0 Å². The number of hydrogen-bond acceptors (Lipinski definition) is 2. The van der Waals surface area contributed by atoms with E-state index in [9.17, 15) is 0 Å². The third-order valence-electron chi connectivity index (χ3n) is 4.13. The standard InChI is InChI=1S/C14H28N2/c1-12(2)10-13-11-16(9-8-15-13)14-6-4-3-5-7-14/h12-15H,3-11H2,1-2H3. The average molecular weight is 224 g/mol. The number of rotatable bonds is 3. The van der Waals surface area contributed by atoms with E-state index in [0.29, 0.717) is 0 Å². The first kappa shape index (κ1) is 12.4. The highest BCUT2D eigenvalue weighted by atomic mass is 15.2. The van der Waals surface area contributed by atoms with Crippen LogP contribution in [-0.2, 0) is 0 Å². The Balaban J connectivity index is 1.80. The summed E-state index contributed by atoms with van der Waals surface area (Å²) in [5.74, 6) is 0.823. The molecule has 2 aliphatic rings. The van der Waals surface area contributed by atoms with Crippen molar-refractivity contribution >= 4 is 0 Å². The van der Waals surface area contributed by atoms with Crippen molar-refractivity contribution in [2.24, 2.45) is 5.92 Å². The molecule has 1 aliphatic heterocycles. The smallest absolute Gasteiger partial charge is 0.0198 e. The van der Waals surface area contributed by atoms with E-state index in [1.165, 1.54) is 58.2 Å². The molecular formula is C14H28N2. The van der Waals surface area contributed by atoms with Gasteiger partial charge < -0.3 is 5.32 Å². The molecule has 2 rings (SSSR count). The molecule has 0 aromatic carbocycles. The van der Waals surface area contributed by atoms with Crippen molar-refractivity contribution in [1.29, 1.82) is 0 Å². The predicted octanol–water partition coefficient (Wildman–Crippen LogP) is 2.64. The van der Waals surface area contributed by atoms with Crippen molar-refractivity contribution in [3.63, 3.8) is 0 Å². The van der Waals surface area contributed by atoms with E-state index in [0.717, 1.165) is 18.0 Å². The topological polar surface area (TPSA) is 15.3 Å². The second kappa shape index (κ2) is 6.02. The normalized spacial score (nSPS) is 29.8. The minimum Gasteiger partial charge on any atom is -0.311 e. The van der Waals surface area contributed by atoms with Crippen LogP contribution in [0.25, 0.3) is 0 Å². The minimum absolute atomic E-state index is 0.746. The number of piperazine rings is 1. The van der Waals surface area contributed by atoms with E-state index >= 15 is 0 Å². The third-order valence-corrected chi connectivity index (χ3v) is 4.13. The van der Waals surface area contributed by atoms with Crippen LogP contribution in [0.15, 0.2) is 0 Å². The minimum atomic E-state index is 0.746. The van der Waals surface area contributed by atoms with Crippen LogP contribution in [-0.4, -0.2) is 36.6 Å². The maximum Gasteiger partial charge on any atom is 0.0198 e. The molecular weight excluding hydrogens is 196 g/mol. The molecule has 1 saturated carbocycles. The Labute approximate surface area is 101 Å². The van der Waals surface area contributed by atoms with Crippen LogP contribution in [0.3, 0.4) is 0 Å². The summed E-state index contributed by atoms with van der Waals surface area (Å²) in [7, 11) is 0. The summed E-state index contributed by atoms with van der Waals surface area (Å²) in [6.45, 7) is 8.44. The van der Waals surface area contributed by atoms with Crippen LogP contribution in [0.4, 0.5) is 0 Å². The zero-order valence-electron chi connectivity index (χ0n) is 11.0. The average Bonchev–Trinajstić information content (AvgIpc) is 2.30. The molecule has 2 fully saturated rings. The van der Waals surface area contributed by atoms with E-state index in [1.807, 2.05) is 0 Å². The van der Waals surface area contributed by atoms with E-state index in [-0.39, 0.29) is 0 Å². The highest BCUT2D eigenvalue weighted by molar-refractivity contribution is 4.85. The van der Waals surface area contributed by atoms with Gasteiger partial charge in [-0.05, 0) is 25.2 Å². The summed E-state index contributed by atoms with van der Waals surface area (Å²) in [6.07, 6.45) is 8.64. The molecule has 0 radical (unpaired) electrons. The van der Waals surface area contributed by atoms with Gasteiger partial charge in [-0.1, -0.05) is 33.1 Å². The van der Waals surface area contributed by atoms with Gasteiger partial charge in [0.15, 0.2) is 0 Å². The molecule has 1 atom stereocenters. The second-order valence-electron chi connectivity index (χ2n) is 6.07. The summed E-state index contributed by atoms with van der Waals surface area (Å²) in [5.41, 5.74) is 0. The first-order chi connectivity index (χ1) is 7.75. The Morgan fingerprint density at radius 1 is 1.19 bits per heavy atom. The second-order valence-corrected chi connectivity index (χ2v) is 6.07. The van der Waals surface area contributed by atoms with E-state index < -0.39 is 0 Å². The van der Waals surface area contributed by atoms with Crippen molar-refractivity contribution in [1.82, 2.24) is 10.2 Å². The Morgan fingerprint density at radius 3 is 2.62 bits per heavy atom. The summed E-state index contributed by atoms with van der Waals surface area (Å²) >= 11 is 0. The van der Waals surface area contributed by atoms with Crippen LogP contribution in [0.5, 0.6) is 0 Å². The maximum atomic E-state index is 3.68. The largest absolute Gasteiger partial charge is 0.311 e. The zero-order chi connectivity index (χ0) is 11.4. The van der Waals surface area contributed by atoms with Crippen molar-refractivity contribution < 1.29 is 0 Å². The van der Waals surface area contributed by atoms with Crippen molar-refractivity contribution in [2.45, 2.75) is 64.5 Å². The molecule has 0 amide bonds. The van der Waals surface area contributed by atoms with Gasteiger partial charge in [-0.3, -0.25) is 4.90 Å². The van der Waals surface area contributed by atoms with Gasteiger partial charge in [0, 0.05) is 31.7 Å². The maximum absolute atomic E-state index is 3.68. The van der Waals surface area contributed by atoms with E-state index in [2.05, 4.69) is 24.1 Å². The van der Waals surface area contributed by atoms with E-state index in [1.54, 1.807) is 0 Å². The number of nitrogens with zero attached hydrogens (tertiary/aromatic N) is 1. The quantitative estimate of drug-likeness (QED) is 0.793. The highest BCUT2D eigenvalue weighted by Gasteiger charge is 2.26. The van der Waals surface area contributed by atoms with E-state index in [4.69, 9.17) is 0 Å². The lowest BCUT2D eigenvalue weighted by Gasteiger charge is -2.41. The van der Waals surface area contributed by atoms with Crippen LogP contribution >= 0.6 is 0 Å². The van der Waals surface area contributed by atoms with Crippen molar-refractivity contribution in [3.8, 4) is 0 Å². The summed E-state index contributed by atoms with van der Waals surface area (Å²) in [4.78, 5) is 2.77. The molecule has 0 bridgehead atoms. The number of nitrogens with one attached hydrogen (secondary N) is 1. The molecule has 16 heavy (non-hydrogen) atoms. The fourth-order valence-electron chi connectivity index (χ4n) is 3.36. The Bertz CT molecular complexity index is 197.